The summed E-state index contributed by atoms with van der Waals surface area (Å²) in [7, 11) is 2.94. The number of aryl methyl sites for hydroxylation is 1. The van der Waals surface area contributed by atoms with E-state index in [4.69, 9.17) is 14.0 Å². The second-order valence-electron chi connectivity index (χ2n) is 5.93. The van der Waals surface area contributed by atoms with Gasteiger partial charge in [0.05, 0.1) is 26.1 Å². The molecular formula is C16H20N4O5. The van der Waals surface area contributed by atoms with Gasteiger partial charge in [0.1, 0.15) is 11.3 Å². The fourth-order valence-corrected chi connectivity index (χ4v) is 2.85. The molecule has 0 aromatic carbocycles. The van der Waals surface area contributed by atoms with E-state index in [1.54, 1.807) is 17.9 Å². The van der Waals surface area contributed by atoms with Gasteiger partial charge in [-0.15, -0.1) is 0 Å². The molecule has 1 N–H and O–H groups in total. The SMILES string of the molecule is COc1cnc(C2(O)CCN(C(=O)c3cc(C)no3)CC2)c(OC)n1. The van der Waals surface area contributed by atoms with Crippen LogP contribution >= 0.6 is 0 Å². The van der Waals surface area contributed by atoms with E-state index in [-0.39, 0.29) is 17.5 Å². The van der Waals surface area contributed by atoms with Crippen molar-refractivity contribution in [3.8, 4) is 11.8 Å². The van der Waals surface area contributed by atoms with E-state index < -0.39 is 5.60 Å². The normalized spacial score (nSPS) is 16.6. The van der Waals surface area contributed by atoms with Gasteiger partial charge in [-0.25, -0.2) is 4.98 Å². The van der Waals surface area contributed by atoms with Crippen LogP contribution in [0.2, 0.25) is 0 Å². The van der Waals surface area contributed by atoms with Crippen molar-refractivity contribution in [3.63, 3.8) is 0 Å². The maximum absolute atomic E-state index is 12.4. The summed E-state index contributed by atoms with van der Waals surface area (Å²) >= 11 is 0. The Labute approximate surface area is 144 Å². The standard InChI is InChI=1S/C16H20N4O5/c1-10-8-11(25-19-10)15(21)20-6-4-16(22,5-7-20)13-14(24-3)18-12(23-2)9-17-13/h8-9,22H,4-7H2,1-3H3. The highest BCUT2D eigenvalue weighted by atomic mass is 16.5. The van der Waals surface area contributed by atoms with Crippen LogP contribution in [0.15, 0.2) is 16.8 Å². The molecule has 0 radical (unpaired) electrons. The number of carbonyl (C=O) groups excluding carboxylic acids is 1. The molecule has 3 rings (SSSR count). The van der Waals surface area contributed by atoms with Gasteiger partial charge in [0.2, 0.25) is 17.5 Å². The summed E-state index contributed by atoms with van der Waals surface area (Å²) in [5.41, 5.74) is -0.229. The third-order valence-corrected chi connectivity index (χ3v) is 4.28. The van der Waals surface area contributed by atoms with Crippen LogP contribution < -0.4 is 9.47 Å². The number of methoxy groups -OCH3 is 2. The third-order valence-electron chi connectivity index (χ3n) is 4.28. The highest BCUT2D eigenvalue weighted by Gasteiger charge is 2.40. The van der Waals surface area contributed by atoms with Crippen molar-refractivity contribution in [2.24, 2.45) is 0 Å². The highest BCUT2D eigenvalue weighted by molar-refractivity contribution is 5.91. The first-order chi connectivity index (χ1) is 12.0. The van der Waals surface area contributed by atoms with Gasteiger partial charge < -0.3 is 24.0 Å². The molecule has 9 heteroatoms. The Morgan fingerprint density at radius 1 is 1.32 bits per heavy atom. The Morgan fingerprint density at radius 2 is 2.04 bits per heavy atom. The average molecular weight is 348 g/mol. The maximum Gasteiger partial charge on any atom is 0.292 e. The summed E-state index contributed by atoms with van der Waals surface area (Å²) in [4.78, 5) is 22.4. The van der Waals surface area contributed by atoms with E-state index in [0.717, 1.165) is 0 Å². The number of rotatable bonds is 4. The number of piperidine rings is 1. The van der Waals surface area contributed by atoms with Gasteiger partial charge in [-0.05, 0) is 19.8 Å². The highest BCUT2D eigenvalue weighted by Crippen LogP contribution is 2.36. The van der Waals surface area contributed by atoms with Crippen molar-refractivity contribution in [1.29, 1.82) is 0 Å². The van der Waals surface area contributed by atoms with E-state index >= 15 is 0 Å². The molecule has 25 heavy (non-hydrogen) atoms. The van der Waals surface area contributed by atoms with Crippen molar-refractivity contribution in [2.45, 2.75) is 25.4 Å². The first-order valence-electron chi connectivity index (χ1n) is 7.87. The van der Waals surface area contributed by atoms with Gasteiger partial charge in [0.15, 0.2) is 0 Å². The molecule has 2 aromatic rings. The number of aromatic nitrogens is 3. The minimum Gasteiger partial charge on any atom is -0.480 e. The second kappa shape index (κ2) is 6.67. The number of hydrogen-bond donors (Lipinski definition) is 1. The summed E-state index contributed by atoms with van der Waals surface area (Å²) in [6.45, 7) is 2.46. The Kier molecular flexibility index (Phi) is 4.58. The molecule has 1 amide bonds. The van der Waals surface area contributed by atoms with Crippen molar-refractivity contribution in [2.75, 3.05) is 27.3 Å². The Morgan fingerprint density at radius 3 is 2.60 bits per heavy atom. The zero-order valence-corrected chi connectivity index (χ0v) is 14.4. The van der Waals surface area contributed by atoms with Gasteiger partial charge in [-0.3, -0.25) is 4.79 Å². The van der Waals surface area contributed by atoms with Gasteiger partial charge in [0, 0.05) is 19.2 Å². The number of ether oxygens (including phenoxy) is 2. The molecule has 1 aliphatic heterocycles. The summed E-state index contributed by atoms with van der Waals surface area (Å²) in [6, 6.07) is 1.60. The lowest BCUT2D eigenvalue weighted by Crippen LogP contribution is -2.45. The third kappa shape index (κ3) is 3.27. The molecule has 2 aromatic heterocycles. The Bertz CT molecular complexity index is 768. The molecule has 1 aliphatic rings. The number of hydrogen-bond acceptors (Lipinski definition) is 8. The van der Waals surface area contributed by atoms with Crippen LogP contribution in [0.4, 0.5) is 0 Å². The van der Waals surface area contributed by atoms with Gasteiger partial charge in [-0.1, -0.05) is 5.16 Å². The van der Waals surface area contributed by atoms with Crippen LogP contribution in [0.25, 0.3) is 0 Å². The monoisotopic (exact) mass is 348 g/mol. The predicted molar refractivity (Wildman–Crippen MR) is 85.4 cm³/mol. The minimum absolute atomic E-state index is 0.199. The molecule has 0 saturated carbocycles. The Hall–Kier alpha value is -2.68. The smallest absolute Gasteiger partial charge is 0.292 e. The zero-order chi connectivity index (χ0) is 18.0. The first-order valence-corrected chi connectivity index (χ1v) is 7.87. The second-order valence-corrected chi connectivity index (χ2v) is 5.93. The van der Waals surface area contributed by atoms with Gasteiger partial charge in [0.25, 0.3) is 5.91 Å². The average Bonchev–Trinajstić information content (AvgIpc) is 3.07. The predicted octanol–water partition coefficient (Wildman–Crippen LogP) is 0.914. The molecule has 3 heterocycles. The van der Waals surface area contributed by atoms with Crippen LogP contribution in [0, 0.1) is 6.92 Å². The fourth-order valence-electron chi connectivity index (χ4n) is 2.85. The number of nitrogens with zero attached hydrogens (tertiary/aromatic N) is 4. The number of aliphatic hydroxyl groups is 1. The summed E-state index contributed by atoms with van der Waals surface area (Å²) in [6.07, 6.45) is 2.05. The summed E-state index contributed by atoms with van der Waals surface area (Å²) in [5, 5.41) is 14.7. The molecule has 0 unspecified atom stereocenters. The summed E-state index contributed by atoms with van der Waals surface area (Å²) in [5.74, 6) is 0.477. The fraction of sp³-hybridized carbons (Fsp3) is 0.500. The van der Waals surface area contributed by atoms with E-state index in [1.807, 2.05) is 0 Å². The van der Waals surface area contributed by atoms with Crippen LogP contribution in [-0.2, 0) is 5.60 Å². The quantitative estimate of drug-likeness (QED) is 0.868. The van der Waals surface area contributed by atoms with Crippen LogP contribution in [0.5, 0.6) is 11.8 Å². The maximum atomic E-state index is 12.4. The number of amides is 1. The molecule has 0 bridgehead atoms. The lowest BCUT2D eigenvalue weighted by atomic mass is 9.88. The van der Waals surface area contributed by atoms with Crippen molar-refractivity contribution in [3.05, 3.63) is 29.4 Å². The van der Waals surface area contributed by atoms with E-state index in [2.05, 4.69) is 15.1 Å². The van der Waals surface area contributed by atoms with Crippen LogP contribution in [0.3, 0.4) is 0 Å². The zero-order valence-electron chi connectivity index (χ0n) is 14.4. The van der Waals surface area contributed by atoms with E-state index in [9.17, 15) is 9.90 Å². The molecule has 0 spiro atoms. The molecule has 134 valence electrons. The molecule has 0 atom stereocenters. The largest absolute Gasteiger partial charge is 0.480 e. The summed E-state index contributed by atoms with van der Waals surface area (Å²) < 4.78 is 15.3. The molecule has 1 fully saturated rings. The van der Waals surface area contributed by atoms with Gasteiger partial charge in [-0.2, -0.15) is 4.98 Å². The van der Waals surface area contributed by atoms with Crippen LogP contribution in [-0.4, -0.2) is 58.3 Å². The first kappa shape index (κ1) is 17.2. The van der Waals surface area contributed by atoms with E-state index in [0.29, 0.717) is 43.2 Å². The lowest BCUT2D eigenvalue weighted by Gasteiger charge is -2.37. The van der Waals surface area contributed by atoms with Crippen molar-refractivity contribution in [1.82, 2.24) is 20.0 Å². The van der Waals surface area contributed by atoms with Gasteiger partial charge >= 0.3 is 0 Å². The van der Waals surface area contributed by atoms with E-state index in [1.165, 1.54) is 20.4 Å². The van der Waals surface area contributed by atoms with Crippen molar-refractivity contribution >= 4 is 5.91 Å². The number of carbonyl (C=O) groups is 1. The minimum atomic E-state index is -1.22. The van der Waals surface area contributed by atoms with Crippen LogP contribution in [0.1, 0.15) is 34.8 Å². The molecule has 0 aliphatic carbocycles. The number of likely N-dealkylation sites (tertiary alicyclic amines) is 1. The lowest BCUT2D eigenvalue weighted by molar-refractivity contribution is -0.0272. The topological polar surface area (TPSA) is 111 Å². The molecular weight excluding hydrogens is 328 g/mol. The molecule has 9 nitrogen and oxygen atoms in total. The van der Waals surface area contributed by atoms with Crippen molar-refractivity contribution < 1.29 is 23.9 Å². The molecule has 1 saturated heterocycles. The Balaban J connectivity index is 1.75.